The van der Waals surface area contributed by atoms with Gasteiger partial charge in [-0.2, -0.15) is 0 Å². The summed E-state index contributed by atoms with van der Waals surface area (Å²) in [5, 5.41) is 9.37. The molecule has 2 aliphatic rings. The van der Waals surface area contributed by atoms with Gasteiger partial charge in [0.15, 0.2) is 0 Å². The Labute approximate surface area is 138 Å². The summed E-state index contributed by atoms with van der Waals surface area (Å²) < 4.78 is 0. The van der Waals surface area contributed by atoms with Crippen molar-refractivity contribution < 1.29 is 9.90 Å². The summed E-state index contributed by atoms with van der Waals surface area (Å²) >= 11 is 0. The molecule has 2 heterocycles. The number of benzene rings is 1. The zero-order chi connectivity index (χ0) is 16.2. The number of piperazine rings is 1. The molecule has 2 aliphatic heterocycles. The van der Waals surface area contributed by atoms with Gasteiger partial charge in [-0.05, 0) is 49.6 Å². The van der Waals surface area contributed by atoms with Crippen molar-refractivity contribution in [2.75, 3.05) is 50.7 Å². The SMILES string of the molecule is C[C@H]1CCCN(CC(=O)N2CCN(c3ccc(O)cc3)CC2)C1. The Morgan fingerprint density at radius 2 is 1.83 bits per heavy atom. The van der Waals surface area contributed by atoms with E-state index < -0.39 is 0 Å². The molecule has 0 saturated carbocycles. The van der Waals surface area contributed by atoms with Crippen LogP contribution in [0.5, 0.6) is 5.75 Å². The highest BCUT2D eigenvalue weighted by Crippen LogP contribution is 2.20. The summed E-state index contributed by atoms with van der Waals surface area (Å²) in [6.45, 7) is 8.23. The summed E-state index contributed by atoms with van der Waals surface area (Å²) in [6, 6.07) is 7.29. The fraction of sp³-hybridized carbons (Fsp3) is 0.611. The number of phenolic OH excluding ortho intramolecular Hbond substituents is 1. The molecule has 0 bridgehead atoms. The van der Waals surface area contributed by atoms with Gasteiger partial charge in [0.25, 0.3) is 0 Å². The molecule has 5 nitrogen and oxygen atoms in total. The Balaban J connectivity index is 1.48. The lowest BCUT2D eigenvalue weighted by molar-refractivity contribution is -0.133. The van der Waals surface area contributed by atoms with Crippen molar-refractivity contribution >= 4 is 11.6 Å². The van der Waals surface area contributed by atoms with Crippen molar-refractivity contribution in [3.05, 3.63) is 24.3 Å². The second kappa shape index (κ2) is 7.21. The number of nitrogens with zero attached hydrogens (tertiary/aromatic N) is 3. The first-order valence-electron chi connectivity index (χ1n) is 8.66. The average molecular weight is 317 g/mol. The van der Waals surface area contributed by atoms with Gasteiger partial charge in [-0.1, -0.05) is 6.92 Å². The van der Waals surface area contributed by atoms with Gasteiger partial charge in [-0.3, -0.25) is 9.69 Å². The molecule has 2 saturated heterocycles. The third-order valence-corrected chi connectivity index (χ3v) is 4.95. The van der Waals surface area contributed by atoms with Crippen LogP contribution in [0.25, 0.3) is 0 Å². The van der Waals surface area contributed by atoms with Crippen molar-refractivity contribution in [3.8, 4) is 5.75 Å². The number of amides is 1. The molecule has 1 atom stereocenters. The van der Waals surface area contributed by atoms with Crippen molar-refractivity contribution in [2.24, 2.45) is 5.92 Å². The molecule has 0 unspecified atom stereocenters. The number of aromatic hydroxyl groups is 1. The van der Waals surface area contributed by atoms with Gasteiger partial charge in [0.05, 0.1) is 6.54 Å². The van der Waals surface area contributed by atoms with Crippen molar-refractivity contribution in [1.82, 2.24) is 9.80 Å². The summed E-state index contributed by atoms with van der Waals surface area (Å²) in [7, 11) is 0. The number of rotatable bonds is 3. The zero-order valence-electron chi connectivity index (χ0n) is 13.9. The van der Waals surface area contributed by atoms with Crippen molar-refractivity contribution in [2.45, 2.75) is 19.8 Å². The summed E-state index contributed by atoms with van der Waals surface area (Å²) in [4.78, 5) is 19.1. The predicted octanol–water partition coefficient (Wildman–Crippen LogP) is 1.77. The molecule has 126 valence electrons. The van der Waals surface area contributed by atoms with Crippen LogP contribution in [0.2, 0.25) is 0 Å². The van der Waals surface area contributed by atoms with E-state index in [0.29, 0.717) is 18.2 Å². The lowest BCUT2D eigenvalue weighted by Crippen LogP contribution is -2.52. The van der Waals surface area contributed by atoms with Crippen LogP contribution >= 0.6 is 0 Å². The second-order valence-electron chi connectivity index (χ2n) is 6.87. The maximum absolute atomic E-state index is 12.5. The van der Waals surface area contributed by atoms with E-state index in [2.05, 4.69) is 16.7 Å². The molecule has 3 rings (SSSR count). The van der Waals surface area contributed by atoms with Gasteiger partial charge in [-0.15, -0.1) is 0 Å². The second-order valence-corrected chi connectivity index (χ2v) is 6.87. The number of hydrogen-bond donors (Lipinski definition) is 1. The summed E-state index contributed by atoms with van der Waals surface area (Å²) in [5.74, 6) is 1.27. The van der Waals surface area contributed by atoms with Gasteiger partial charge < -0.3 is 14.9 Å². The van der Waals surface area contributed by atoms with Crippen molar-refractivity contribution in [3.63, 3.8) is 0 Å². The van der Waals surface area contributed by atoms with Gasteiger partial charge in [0.2, 0.25) is 5.91 Å². The predicted molar refractivity (Wildman–Crippen MR) is 91.7 cm³/mol. The summed E-state index contributed by atoms with van der Waals surface area (Å²) in [5.41, 5.74) is 1.11. The lowest BCUT2D eigenvalue weighted by Gasteiger charge is -2.38. The Hall–Kier alpha value is -1.75. The fourth-order valence-corrected chi connectivity index (χ4v) is 3.60. The molecule has 1 aromatic rings. The van der Waals surface area contributed by atoms with Crippen LogP contribution in [-0.4, -0.2) is 66.6 Å². The number of hydrogen-bond acceptors (Lipinski definition) is 4. The van der Waals surface area contributed by atoms with Crippen LogP contribution in [0.4, 0.5) is 5.69 Å². The molecule has 1 aromatic carbocycles. The van der Waals surface area contributed by atoms with E-state index in [9.17, 15) is 9.90 Å². The molecule has 1 amide bonds. The largest absolute Gasteiger partial charge is 0.508 e. The maximum Gasteiger partial charge on any atom is 0.236 e. The first-order valence-corrected chi connectivity index (χ1v) is 8.66. The molecule has 0 aromatic heterocycles. The van der Waals surface area contributed by atoms with Crippen LogP contribution in [0, 0.1) is 5.92 Å². The molecule has 5 heteroatoms. The highest BCUT2D eigenvalue weighted by molar-refractivity contribution is 5.78. The Morgan fingerprint density at radius 3 is 2.48 bits per heavy atom. The number of anilines is 1. The molecule has 2 fully saturated rings. The Bertz CT molecular complexity index is 524. The van der Waals surface area contributed by atoms with E-state index in [0.717, 1.165) is 45.0 Å². The Morgan fingerprint density at radius 1 is 1.13 bits per heavy atom. The van der Waals surface area contributed by atoms with E-state index in [1.54, 1.807) is 12.1 Å². The van der Waals surface area contributed by atoms with Crippen LogP contribution in [-0.2, 0) is 4.79 Å². The molecular formula is C18H27N3O2. The van der Waals surface area contributed by atoms with Crippen LogP contribution < -0.4 is 4.90 Å². The minimum atomic E-state index is 0.268. The molecule has 1 N–H and O–H groups in total. The standard InChI is InChI=1S/C18H27N3O2/c1-15-3-2-8-19(13-15)14-18(23)21-11-9-20(10-12-21)16-4-6-17(22)7-5-16/h4-7,15,22H,2-3,8-14H2,1H3/t15-/m0/s1. The number of carbonyl (C=O) groups excluding carboxylic acids is 1. The van der Waals surface area contributed by atoms with Crippen LogP contribution in [0.15, 0.2) is 24.3 Å². The van der Waals surface area contributed by atoms with Crippen LogP contribution in [0.3, 0.4) is 0 Å². The first-order chi connectivity index (χ1) is 11.1. The number of likely N-dealkylation sites (tertiary alicyclic amines) is 1. The molecule has 0 aliphatic carbocycles. The van der Waals surface area contributed by atoms with Crippen LogP contribution in [0.1, 0.15) is 19.8 Å². The lowest BCUT2D eigenvalue weighted by atomic mass is 10.0. The van der Waals surface area contributed by atoms with E-state index in [4.69, 9.17) is 0 Å². The van der Waals surface area contributed by atoms with Gasteiger partial charge >= 0.3 is 0 Å². The molecular weight excluding hydrogens is 290 g/mol. The minimum absolute atomic E-state index is 0.268. The van der Waals surface area contributed by atoms with E-state index in [1.165, 1.54) is 12.8 Å². The smallest absolute Gasteiger partial charge is 0.236 e. The average Bonchev–Trinajstić information content (AvgIpc) is 2.56. The zero-order valence-corrected chi connectivity index (χ0v) is 13.9. The van der Waals surface area contributed by atoms with Gasteiger partial charge in [-0.25, -0.2) is 0 Å². The molecule has 0 radical (unpaired) electrons. The third kappa shape index (κ3) is 4.16. The molecule has 23 heavy (non-hydrogen) atoms. The summed E-state index contributed by atoms with van der Waals surface area (Å²) in [6.07, 6.45) is 2.50. The third-order valence-electron chi connectivity index (χ3n) is 4.95. The quantitative estimate of drug-likeness (QED) is 0.923. The monoisotopic (exact) mass is 317 g/mol. The fourth-order valence-electron chi connectivity index (χ4n) is 3.60. The highest BCUT2D eigenvalue weighted by Gasteiger charge is 2.24. The van der Waals surface area contributed by atoms with Crippen molar-refractivity contribution in [1.29, 1.82) is 0 Å². The maximum atomic E-state index is 12.5. The molecule has 0 spiro atoms. The minimum Gasteiger partial charge on any atom is -0.508 e. The van der Waals surface area contributed by atoms with Gasteiger partial charge in [0, 0.05) is 38.4 Å². The Kier molecular flexibility index (Phi) is 5.06. The highest BCUT2D eigenvalue weighted by atomic mass is 16.3. The number of phenols is 1. The topological polar surface area (TPSA) is 47.0 Å². The number of carbonyl (C=O) groups is 1. The number of piperidine rings is 1. The normalized spacial score (nSPS) is 23.1. The first kappa shape index (κ1) is 16.1. The van der Waals surface area contributed by atoms with E-state index in [1.807, 2.05) is 17.0 Å². The van der Waals surface area contributed by atoms with Gasteiger partial charge in [0.1, 0.15) is 5.75 Å². The van der Waals surface area contributed by atoms with E-state index >= 15 is 0 Å². The van der Waals surface area contributed by atoms with E-state index in [-0.39, 0.29) is 5.91 Å².